The number of carbonyl (C=O) groups is 2. The lowest BCUT2D eigenvalue weighted by molar-refractivity contribution is -0.118. The minimum atomic E-state index is -0.744. The fraction of sp³-hybridized carbons (Fsp3) is 0.111. The fourth-order valence-corrected chi connectivity index (χ4v) is 2.70. The Kier molecular flexibility index (Phi) is 4.25. The molecule has 0 bridgehead atoms. The van der Waals surface area contributed by atoms with E-state index in [4.69, 9.17) is 4.74 Å². The second-order valence-electron chi connectivity index (χ2n) is 5.77. The summed E-state index contributed by atoms with van der Waals surface area (Å²) < 4.78 is 21.0. The molecular weight excluding hydrogens is 353 g/mol. The molecule has 27 heavy (non-hydrogen) atoms. The van der Waals surface area contributed by atoms with Crippen LogP contribution in [-0.4, -0.2) is 33.2 Å². The average molecular weight is 367 g/mol. The molecule has 0 atom stereocenters. The zero-order valence-corrected chi connectivity index (χ0v) is 14.0. The zero-order valence-electron chi connectivity index (χ0n) is 14.0. The van der Waals surface area contributed by atoms with Crippen molar-refractivity contribution in [2.75, 3.05) is 11.9 Å². The van der Waals surface area contributed by atoms with Crippen LogP contribution in [-0.2, 0) is 11.3 Å². The van der Waals surface area contributed by atoms with Crippen molar-refractivity contribution in [2.24, 2.45) is 0 Å². The van der Waals surface area contributed by atoms with Crippen LogP contribution < -0.4 is 15.4 Å². The van der Waals surface area contributed by atoms with Gasteiger partial charge in [0.05, 0.1) is 23.5 Å². The van der Waals surface area contributed by atoms with Gasteiger partial charge in [0.1, 0.15) is 17.9 Å². The Morgan fingerprint density at radius 1 is 1.30 bits per heavy atom. The van der Waals surface area contributed by atoms with E-state index in [0.717, 1.165) is 11.8 Å². The summed E-state index contributed by atoms with van der Waals surface area (Å²) in [5, 5.41) is 9.30. The maximum atomic E-state index is 14.2. The molecule has 0 aliphatic carbocycles. The molecule has 2 aromatic carbocycles. The minimum Gasteiger partial charge on any atom is -0.481 e. The highest BCUT2D eigenvalue weighted by Crippen LogP contribution is 2.30. The predicted octanol–water partition coefficient (Wildman–Crippen LogP) is 1.67. The normalized spacial score (nSPS) is 12.7. The van der Waals surface area contributed by atoms with Gasteiger partial charge in [0, 0.05) is 6.07 Å². The molecule has 1 aromatic heterocycles. The number of nitrogens with one attached hydrogen (secondary N) is 2. The average Bonchev–Trinajstić information content (AvgIpc) is 3.15. The van der Waals surface area contributed by atoms with Crippen LogP contribution in [0.1, 0.15) is 16.2 Å². The third-order valence-electron chi connectivity index (χ3n) is 3.97. The molecule has 2 N–H and O–H groups in total. The molecule has 2 amide bonds. The van der Waals surface area contributed by atoms with Gasteiger partial charge in [0.2, 0.25) is 0 Å². The lowest BCUT2D eigenvalue weighted by Gasteiger charge is -2.19. The summed E-state index contributed by atoms with van der Waals surface area (Å²) in [6, 6.07) is 11.6. The summed E-state index contributed by atoms with van der Waals surface area (Å²) in [5.74, 6) is -1.07. The number of ether oxygens (including phenoxy) is 1. The van der Waals surface area contributed by atoms with Crippen molar-refractivity contribution in [3.63, 3.8) is 0 Å². The summed E-state index contributed by atoms with van der Waals surface area (Å²) in [5.41, 5.74) is 0.842. The number of carbonyl (C=O) groups excluding carboxylic acids is 2. The van der Waals surface area contributed by atoms with E-state index in [1.165, 1.54) is 12.4 Å². The minimum absolute atomic E-state index is 0.0487. The van der Waals surface area contributed by atoms with Gasteiger partial charge in [-0.1, -0.05) is 18.2 Å². The van der Waals surface area contributed by atoms with Crippen LogP contribution in [0.2, 0.25) is 0 Å². The third kappa shape index (κ3) is 3.34. The molecule has 0 saturated carbocycles. The van der Waals surface area contributed by atoms with Gasteiger partial charge in [-0.05, 0) is 18.2 Å². The number of hydrogen-bond donors (Lipinski definition) is 2. The van der Waals surface area contributed by atoms with E-state index in [0.29, 0.717) is 5.82 Å². The summed E-state index contributed by atoms with van der Waals surface area (Å²) >= 11 is 0. The SMILES string of the molecule is O=C1COc2cc(F)c(C(=O)NCc3ncnn3-c3ccccc3)cc2N1. The Labute approximate surface area is 153 Å². The van der Waals surface area contributed by atoms with Gasteiger partial charge >= 0.3 is 0 Å². The lowest BCUT2D eigenvalue weighted by atomic mass is 10.1. The van der Waals surface area contributed by atoms with Gasteiger partial charge in [-0.3, -0.25) is 9.59 Å². The number of halogens is 1. The maximum absolute atomic E-state index is 14.2. The van der Waals surface area contributed by atoms with Crippen molar-refractivity contribution < 1.29 is 18.7 Å². The highest BCUT2D eigenvalue weighted by molar-refractivity contribution is 6.00. The highest BCUT2D eigenvalue weighted by Gasteiger charge is 2.22. The zero-order chi connectivity index (χ0) is 18.8. The Morgan fingerprint density at radius 2 is 2.11 bits per heavy atom. The van der Waals surface area contributed by atoms with Crippen molar-refractivity contribution in [1.29, 1.82) is 0 Å². The number of anilines is 1. The molecule has 2 heterocycles. The first-order chi connectivity index (χ1) is 13.1. The second kappa shape index (κ2) is 6.87. The van der Waals surface area contributed by atoms with Crippen LogP contribution in [0, 0.1) is 5.82 Å². The van der Waals surface area contributed by atoms with Gasteiger partial charge in [-0.15, -0.1) is 0 Å². The van der Waals surface area contributed by atoms with E-state index in [1.807, 2.05) is 30.3 Å². The van der Waals surface area contributed by atoms with Crippen LogP contribution in [0.15, 0.2) is 48.8 Å². The van der Waals surface area contributed by atoms with E-state index < -0.39 is 11.7 Å². The highest BCUT2D eigenvalue weighted by atomic mass is 19.1. The van der Waals surface area contributed by atoms with Gasteiger partial charge < -0.3 is 15.4 Å². The maximum Gasteiger partial charge on any atom is 0.262 e. The number of benzene rings is 2. The molecule has 9 heteroatoms. The number of rotatable bonds is 4. The first-order valence-electron chi connectivity index (χ1n) is 8.10. The standard InChI is InChI=1S/C18H14FN5O3/c19-13-7-15-14(23-17(25)9-27-15)6-12(13)18(26)20-8-16-21-10-22-24(16)11-4-2-1-3-5-11/h1-7,10H,8-9H2,(H,20,26)(H,23,25). The van der Waals surface area contributed by atoms with Crippen LogP contribution in [0.25, 0.3) is 5.69 Å². The van der Waals surface area contributed by atoms with Crippen molar-refractivity contribution in [2.45, 2.75) is 6.54 Å². The molecular formula is C18H14FN5O3. The van der Waals surface area contributed by atoms with Crippen molar-refractivity contribution in [1.82, 2.24) is 20.1 Å². The van der Waals surface area contributed by atoms with Gasteiger partial charge in [0.25, 0.3) is 11.8 Å². The molecule has 0 radical (unpaired) electrons. The third-order valence-corrected chi connectivity index (χ3v) is 3.97. The first kappa shape index (κ1) is 16.7. The molecule has 1 aliphatic heterocycles. The Morgan fingerprint density at radius 3 is 2.93 bits per heavy atom. The topological polar surface area (TPSA) is 98.1 Å². The largest absolute Gasteiger partial charge is 0.481 e. The number of amides is 2. The monoisotopic (exact) mass is 367 g/mol. The smallest absolute Gasteiger partial charge is 0.262 e. The van der Waals surface area contributed by atoms with Crippen LogP contribution in [0.3, 0.4) is 0 Å². The Balaban J connectivity index is 1.52. The van der Waals surface area contributed by atoms with E-state index in [-0.39, 0.29) is 36.1 Å². The number of aromatic nitrogens is 3. The van der Waals surface area contributed by atoms with E-state index in [9.17, 15) is 14.0 Å². The second-order valence-corrected chi connectivity index (χ2v) is 5.77. The molecule has 0 fully saturated rings. The summed E-state index contributed by atoms with van der Waals surface area (Å²) in [6.45, 7) is -0.139. The van der Waals surface area contributed by atoms with Gasteiger partial charge in [0.15, 0.2) is 12.4 Å². The summed E-state index contributed by atoms with van der Waals surface area (Å²) in [4.78, 5) is 27.9. The number of nitrogens with zero attached hydrogens (tertiary/aromatic N) is 3. The number of fused-ring (bicyclic) bond motifs is 1. The molecule has 8 nitrogen and oxygen atoms in total. The van der Waals surface area contributed by atoms with Crippen LogP contribution in [0.4, 0.5) is 10.1 Å². The van der Waals surface area contributed by atoms with E-state index in [2.05, 4.69) is 20.7 Å². The molecule has 1 aliphatic rings. The predicted molar refractivity (Wildman–Crippen MR) is 93.1 cm³/mol. The molecule has 3 aromatic rings. The number of para-hydroxylation sites is 1. The molecule has 0 saturated heterocycles. The van der Waals surface area contributed by atoms with Crippen molar-refractivity contribution in [3.05, 3.63) is 66.0 Å². The Bertz CT molecular complexity index is 1020. The van der Waals surface area contributed by atoms with Crippen molar-refractivity contribution >= 4 is 17.5 Å². The molecule has 4 rings (SSSR count). The van der Waals surface area contributed by atoms with Gasteiger partial charge in [-0.25, -0.2) is 14.1 Å². The first-order valence-corrected chi connectivity index (χ1v) is 8.10. The fourth-order valence-electron chi connectivity index (χ4n) is 2.70. The van der Waals surface area contributed by atoms with Crippen molar-refractivity contribution in [3.8, 4) is 11.4 Å². The molecule has 136 valence electrons. The number of hydrogen-bond acceptors (Lipinski definition) is 5. The molecule has 0 spiro atoms. The van der Waals surface area contributed by atoms with Gasteiger partial charge in [-0.2, -0.15) is 5.10 Å². The summed E-state index contributed by atoms with van der Waals surface area (Å²) in [7, 11) is 0. The lowest BCUT2D eigenvalue weighted by Crippen LogP contribution is -2.28. The Hall–Kier alpha value is -3.75. The van der Waals surface area contributed by atoms with E-state index in [1.54, 1.807) is 4.68 Å². The van der Waals surface area contributed by atoms with Crippen LogP contribution in [0.5, 0.6) is 5.75 Å². The van der Waals surface area contributed by atoms with Crippen LogP contribution >= 0.6 is 0 Å². The molecule has 0 unspecified atom stereocenters. The summed E-state index contributed by atoms with van der Waals surface area (Å²) in [6.07, 6.45) is 1.38. The van der Waals surface area contributed by atoms with E-state index >= 15 is 0 Å². The quantitative estimate of drug-likeness (QED) is 0.731.